The Morgan fingerprint density at radius 1 is 1.35 bits per heavy atom. The molecule has 0 aliphatic carbocycles. The summed E-state index contributed by atoms with van der Waals surface area (Å²) < 4.78 is 4.79. The summed E-state index contributed by atoms with van der Waals surface area (Å²) in [5.41, 5.74) is 0.929. The molecule has 5 heteroatoms. The van der Waals surface area contributed by atoms with Crippen molar-refractivity contribution in [2.45, 2.75) is 6.54 Å². The SMILES string of the molecule is CN(Cc1ccc(O)cc1)C(=O)c1ccno1. The zero-order valence-electron chi connectivity index (χ0n) is 9.33. The van der Waals surface area contributed by atoms with Crippen LogP contribution in [-0.2, 0) is 6.54 Å². The summed E-state index contributed by atoms with van der Waals surface area (Å²) in [6, 6.07) is 8.22. The Hall–Kier alpha value is -2.30. The van der Waals surface area contributed by atoms with Crippen LogP contribution in [0.3, 0.4) is 0 Å². The Balaban J connectivity index is 2.04. The largest absolute Gasteiger partial charge is 0.508 e. The molecule has 0 aliphatic heterocycles. The number of hydrogen-bond donors (Lipinski definition) is 1. The summed E-state index contributed by atoms with van der Waals surface area (Å²) >= 11 is 0. The van der Waals surface area contributed by atoms with Gasteiger partial charge >= 0.3 is 0 Å². The molecule has 17 heavy (non-hydrogen) atoms. The van der Waals surface area contributed by atoms with E-state index in [2.05, 4.69) is 5.16 Å². The zero-order chi connectivity index (χ0) is 12.3. The van der Waals surface area contributed by atoms with Gasteiger partial charge in [-0.1, -0.05) is 17.3 Å². The highest BCUT2D eigenvalue weighted by atomic mass is 16.5. The topological polar surface area (TPSA) is 66.6 Å². The number of phenols is 1. The summed E-state index contributed by atoms with van der Waals surface area (Å²) in [5.74, 6) is 0.194. The fourth-order valence-corrected chi connectivity index (χ4v) is 1.46. The Bertz CT molecular complexity index is 491. The highest BCUT2D eigenvalue weighted by Gasteiger charge is 2.15. The summed E-state index contributed by atoms with van der Waals surface area (Å²) in [6.45, 7) is 0.444. The summed E-state index contributed by atoms with van der Waals surface area (Å²) in [4.78, 5) is 13.3. The van der Waals surface area contributed by atoms with Crippen molar-refractivity contribution in [1.82, 2.24) is 10.1 Å². The minimum absolute atomic E-state index is 0.206. The first kappa shape index (κ1) is 11.2. The van der Waals surface area contributed by atoms with Crippen LogP contribution in [0.1, 0.15) is 16.1 Å². The van der Waals surface area contributed by atoms with E-state index in [-0.39, 0.29) is 17.4 Å². The van der Waals surface area contributed by atoms with E-state index in [9.17, 15) is 4.79 Å². The lowest BCUT2D eigenvalue weighted by Crippen LogP contribution is -2.25. The standard InChI is InChI=1S/C12H12N2O3/c1-14(12(16)11-6-7-13-17-11)8-9-2-4-10(15)5-3-9/h2-7,15H,8H2,1H3. The van der Waals surface area contributed by atoms with Gasteiger partial charge in [-0.05, 0) is 17.7 Å². The maximum atomic E-state index is 11.8. The third-order valence-corrected chi connectivity index (χ3v) is 2.35. The average molecular weight is 232 g/mol. The number of benzene rings is 1. The highest BCUT2D eigenvalue weighted by molar-refractivity contribution is 5.91. The summed E-state index contributed by atoms with van der Waals surface area (Å²) in [6.07, 6.45) is 1.43. The molecule has 0 aliphatic rings. The second-order valence-corrected chi connectivity index (χ2v) is 3.70. The lowest BCUT2D eigenvalue weighted by atomic mass is 10.2. The predicted molar refractivity (Wildman–Crippen MR) is 60.4 cm³/mol. The first-order chi connectivity index (χ1) is 8.16. The van der Waals surface area contributed by atoms with Crippen molar-refractivity contribution in [3.05, 3.63) is 47.9 Å². The number of carbonyl (C=O) groups excluding carboxylic acids is 1. The van der Waals surface area contributed by atoms with Crippen LogP contribution in [-0.4, -0.2) is 28.1 Å². The molecule has 5 nitrogen and oxygen atoms in total. The van der Waals surface area contributed by atoms with Gasteiger partial charge in [-0.3, -0.25) is 4.79 Å². The monoisotopic (exact) mass is 232 g/mol. The van der Waals surface area contributed by atoms with Crippen molar-refractivity contribution < 1.29 is 14.4 Å². The Morgan fingerprint density at radius 2 is 2.06 bits per heavy atom. The maximum Gasteiger partial charge on any atom is 0.292 e. The molecule has 0 saturated heterocycles. The van der Waals surface area contributed by atoms with Gasteiger partial charge in [-0.25, -0.2) is 0 Å². The molecule has 1 aromatic carbocycles. The Labute approximate surface area is 98.3 Å². The third-order valence-electron chi connectivity index (χ3n) is 2.35. The third kappa shape index (κ3) is 2.63. The minimum atomic E-state index is -0.226. The molecule has 2 aromatic rings. The molecule has 2 rings (SSSR count). The predicted octanol–water partition coefficient (Wildman–Crippen LogP) is 1.65. The van der Waals surface area contributed by atoms with Gasteiger partial charge in [-0.15, -0.1) is 0 Å². The molecule has 0 spiro atoms. The van der Waals surface area contributed by atoms with Crippen LogP contribution >= 0.6 is 0 Å². The molecular weight excluding hydrogens is 220 g/mol. The molecule has 88 valence electrons. The molecule has 1 amide bonds. The van der Waals surface area contributed by atoms with E-state index in [1.54, 1.807) is 31.3 Å². The Morgan fingerprint density at radius 3 is 2.65 bits per heavy atom. The van der Waals surface area contributed by atoms with Crippen LogP contribution in [0.5, 0.6) is 5.75 Å². The maximum absolute atomic E-state index is 11.8. The minimum Gasteiger partial charge on any atom is -0.508 e. The van der Waals surface area contributed by atoms with Crippen molar-refractivity contribution in [1.29, 1.82) is 0 Å². The van der Waals surface area contributed by atoms with Gasteiger partial charge in [0.15, 0.2) is 0 Å². The fraction of sp³-hybridized carbons (Fsp3) is 0.167. The number of aromatic hydroxyl groups is 1. The fourth-order valence-electron chi connectivity index (χ4n) is 1.46. The van der Waals surface area contributed by atoms with E-state index in [1.807, 2.05) is 0 Å². The van der Waals surface area contributed by atoms with Crippen molar-refractivity contribution in [2.75, 3.05) is 7.05 Å². The summed E-state index contributed by atoms with van der Waals surface area (Å²) in [5, 5.41) is 12.6. The second-order valence-electron chi connectivity index (χ2n) is 3.70. The van der Waals surface area contributed by atoms with Gasteiger partial charge in [0, 0.05) is 19.7 Å². The summed E-state index contributed by atoms with van der Waals surface area (Å²) in [7, 11) is 1.68. The second kappa shape index (κ2) is 4.69. The first-order valence-corrected chi connectivity index (χ1v) is 5.11. The smallest absolute Gasteiger partial charge is 0.292 e. The Kier molecular flexibility index (Phi) is 3.09. The zero-order valence-corrected chi connectivity index (χ0v) is 9.33. The molecule has 0 fully saturated rings. The molecule has 0 radical (unpaired) electrons. The van der Waals surface area contributed by atoms with E-state index in [0.29, 0.717) is 6.54 Å². The van der Waals surface area contributed by atoms with Crippen LogP contribution in [0.15, 0.2) is 41.1 Å². The van der Waals surface area contributed by atoms with Gasteiger partial charge in [0.25, 0.3) is 5.91 Å². The van der Waals surface area contributed by atoms with Gasteiger partial charge in [0.05, 0.1) is 6.20 Å². The van der Waals surface area contributed by atoms with Gasteiger partial charge < -0.3 is 14.5 Å². The van der Waals surface area contributed by atoms with Crippen molar-refractivity contribution in [3.8, 4) is 5.75 Å². The van der Waals surface area contributed by atoms with Crippen molar-refractivity contribution in [2.24, 2.45) is 0 Å². The van der Waals surface area contributed by atoms with Crippen molar-refractivity contribution >= 4 is 5.91 Å². The highest BCUT2D eigenvalue weighted by Crippen LogP contribution is 2.12. The molecule has 0 bridgehead atoms. The lowest BCUT2D eigenvalue weighted by molar-refractivity contribution is 0.0743. The molecule has 0 unspecified atom stereocenters. The van der Waals surface area contributed by atoms with Gasteiger partial charge in [-0.2, -0.15) is 0 Å². The molecule has 1 aromatic heterocycles. The van der Waals surface area contributed by atoms with Crippen LogP contribution in [0.2, 0.25) is 0 Å². The van der Waals surface area contributed by atoms with E-state index >= 15 is 0 Å². The number of carbonyl (C=O) groups is 1. The molecule has 1 N–H and O–H groups in total. The van der Waals surface area contributed by atoms with E-state index in [0.717, 1.165) is 5.56 Å². The van der Waals surface area contributed by atoms with Crippen LogP contribution in [0, 0.1) is 0 Å². The molecule has 1 heterocycles. The quantitative estimate of drug-likeness (QED) is 0.873. The van der Waals surface area contributed by atoms with Crippen LogP contribution < -0.4 is 0 Å². The van der Waals surface area contributed by atoms with E-state index < -0.39 is 0 Å². The lowest BCUT2D eigenvalue weighted by Gasteiger charge is -2.15. The molecular formula is C12H12N2O3. The number of hydrogen-bond acceptors (Lipinski definition) is 4. The van der Waals surface area contributed by atoms with Crippen molar-refractivity contribution in [3.63, 3.8) is 0 Å². The van der Waals surface area contributed by atoms with Gasteiger partial charge in [0.2, 0.25) is 5.76 Å². The number of amides is 1. The normalized spacial score (nSPS) is 10.2. The van der Waals surface area contributed by atoms with E-state index in [1.165, 1.54) is 17.2 Å². The number of phenolic OH excluding ortho intramolecular Hbond substituents is 1. The number of nitrogens with zero attached hydrogens (tertiary/aromatic N) is 2. The van der Waals surface area contributed by atoms with E-state index in [4.69, 9.17) is 9.63 Å². The average Bonchev–Trinajstić information content (AvgIpc) is 2.84. The first-order valence-electron chi connectivity index (χ1n) is 5.11. The van der Waals surface area contributed by atoms with Gasteiger partial charge in [0.1, 0.15) is 5.75 Å². The number of aromatic nitrogens is 1. The molecule has 0 atom stereocenters. The van der Waals surface area contributed by atoms with Crippen LogP contribution in [0.4, 0.5) is 0 Å². The number of rotatable bonds is 3. The molecule has 0 saturated carbocycles. The van der Waals surface area contributed by atoms with Crippen LogP contribution in [0.25, 0.3) is 0 Å².